The van der Waals surface area contributed by atoms with E-state index < -0.39 is 61.1 Å². The molecule has 0 radical (unpaired) electrons. The fraction of sp³-hybridized carbons (Fsp3) is 0.421. The monoisotopic (exact) mass is 549 g/mol. The molecule has 1 fully saturated rings. The highest BCUT2D eigenvalue weighted by atomic mass is 32.2. The Labute approximate surface area is 198 Å². The van der Waals surface area contributed by atoms with Gasteiger partial charge in [-0.15, -0.1) is 11.3 Å². The number of sulfonamides is 1. The first-order valence-corrected chi connectivity index (χ1v) is 12.0. The van der Waals surface area contributed by atoms with E-state index in [1.165, 1.54) is 11.8 Å². The number of nitrogens with two attached hydrogens (primary N) is 1. The lowest BCUT2D eigenvalue weighted by Gasteiger charge is -2.40. The van der Waals surface area contributed by atoms with E-state index in [0.717, 1.165) is 16.4 Å². The van der Waals surface area contributed by atoms with Crippen LogP contribution < -0.4 is 10.6 Å². The first-order chi connectivity index (χ1) is 15.9. The van der Waals surface area contributed by atoms with E-state index >= 15 is 0 Å². The zero-order valence-electron chi connectivity index (χ0n) is 17.7. The molecule has 7 nitrogen and oxygen atoms in total. The number of primary amides is 1. The molecule has 3 rings (SSSR count). The minimum absolute atomic E-state index is 0.232. The molecule has 2 unspecified atom stereocenters. The summed E-state index contributed by atoms with van der Waals surface area (Å²) in [7, 11) is -4.46. The number of thiophene rings is 1. The molecule has 2 atom stereocenters. The lowest BCUT2D eigenvalue weighted by molar-refractivity contribution is -0.255. The minimum atomic E-state index is -5.52. The molecule has 1 saturated heterocycles. The predicted octanol–water partition coefficient (Wildman–Crippen LogP) is 3.04. The molecule has 1 aliphatic heterocycles. The van der Waals surface area contributed by atoms with Crippen LogP contribution in [-0.2, 0) is 26.6 Å². The van der Waals surface area contributed by atoms with Crippen LogP contribution in [0.4, 0.5) is 36.4 Å². The molecule has 0 aliphatic carbocycles. The van der Waals surface area contributed by atoms with Crippen molar-refractivity contribution in [2.24, 2.45) is 5.73 Å². The van der Waals surface area contributed by atoms with Crippen molar-refractivity contribution in [3.63, 3.8) is 0 Å². The maximum Gasteiger partial charge on any atom is 0.430 e. The van der Waals surface area contributed by atoms with Gasteiger partial charge in [0.2, 0.25) is 0 Å². The molecule has 2 aromatic rings. The van der Waals surface area contributed by atoms with Gasteiger partial charge in [-0.2, -0.15) is 30.6 Å². The molecule has 1 aromatic heterocycles. The molecule has 1 aliphatic rings. The molecular weight excluding hydrogens is 531 g/mol. The van der Waals surface area contributed by atoms with Crippen molar-refractivity contribution in [2.75, 3.05) is 24.5 Å². The Balaban J connectivity index is 1.89. The Bertz CT molecular complexity index is 1230. The van der Waals surface area contributed by atoms with Gasteiger partial charge in [-0.1, -0.05) is 0 Å². The second-order valence-electron chi connectivity index (χ2n) is 7.80. The number of rotatable bonds is 5. The van der Waals surface area contributed by atoms with E-state index in [-0.39, 0.29) is 25.3 Å². The van der Waals surface area contributed by atoms with E-state index in [1.54, 1.807) is 0 Å². The van der Waals surface area contributed by atoms with E-state index in [9.17, 15) is 49.1 Å². The molecule has 0 bridgehead atoms. The van der Waals surface area contributed by atoms with E-state index in [4.69, 9.17) is 5.73 Å². The molecule has 35 heavy (non-hydrogen) atoms. The number of alkyl halides is 6. The van der Waals surface area contributed by atoms with Crippen molar-refractivity contribution in [3.05, 3.63) is 46.6 Å². The first kappa shape index (κ1) is 27.2. The number of benzene rings is 1. The number of carbonyl (C=O) groups is 1. The number of aliphatic hydroxyl groups is 1. The topological polar surface area (TPSA) is 104 Å². The van der Waals surface area contributed by atoms with Crippen LogP contribution in [-0.4, -0.2) is 55.6 Å². The molecule has 194 valence electrons. The zero-order chi connectivity index (χ0) is 26.6. The Morgan fingerprint density at radius 3 is 2.29 bits per heavy atom. The van der Waals surface area contributed by atoms with E-state index in [1.807, 2.05) is 0 Å². The summed E-state index contributed by atoms with van der Waals surface area (Å²) in [5, 5.41) is 10.5. The Hall–Kier alpha value is -2.43. The van der Waals surface area contributed by atoms with E-state index in [2.05, 4.69) is 0 Å². The maximum absolute atomic E-state index is 13.4. The van der Waals surface area contributed by atoms with Crippen LogP contribution in [0.1, 0.15) is 18.1 Å². The number of halogens is 7. The van der Waals surface area contributed by atoms with Crippen LogP contribution >= 0.6 is 11.3 Å². The summed E-state index contributed by atoms with van der Waals surface area (Å²) in [5.74, 6) is -3.24. The lowest BCUT2D eigenvalue weighted by Crippen LogP contribution is -2.54. The van der Waals surface area contributed by atoms with Crippen LogP contribution in [0, 0.1) is 5.82 Å². The molecule has 2 heterocycles. The van der Waals surface area contributed by atoms with Crippen molar-refractivity contribution in [1.29, 1.82) is 0 Å². The van der Waals surface area contributed by atoms with Crippen molar-refractivity contribution < 1.29 is 49.1 Å². The molecular formula is C19H18F7N3O4S2. The number of nitrogens with zero attached hydrogens (tertiary/aromatic N) is 2. The second-order valence-corrected chi connectivity index (χ2v) is 10.8. The fourth-order valence-corrected chi connectivity index (χ4v) is 6.69. The summed E-state index contributed by atoms with van der Waals surface area (Å²) in [4.78, 5) is 12.6. The number of hydrogen-bond donors (Lipinski definition) is 2. The van der Waals surface area contributed by atoms with Gasteiger partial charge < -0.3 is 15.7 Å². The molecule has 1 aromatic carbocycles. The van der Waals surface area contributed by atoms with Gasteiger partial charge in [0.25, 0.3) is 21.5 Å². The Morgan fingerprint density at radius 2 is 1.77 bits per heavy atom. The summed E-state index contributed by atoms with van der Waals surface area (Å²) in [6.07, 6.45) is -10.4. The van der Waals surface area contributed by atoms with E-state index in [0.29, 0.717) is 28.8 Å². The second kappa shape index (κ2) is 8.90. The lowest BCUT2D eigenvalue weighted by atomic mass is 9.95. The smallest absolute Gasteiger partial charge is 0.368 e. The third kappa shape index (κ3) is 4.83. The van der Waals surface area contributed by atoms with Crippen molar-refractivity contribution >= 4 is 33.0 Å². The molecule has 0 saturated carbocycles. The fourth-order valence-electron chi connectivity index (χ4n) is 3.73. The SMILES string of the molecule is CC1CN(c2ccc(F)cc2C(F)(F)F)CCN1S(=O)(=O)c1cc(C(O)(C(N)=O)C(F)(F)F)cs1. The van der Waals surface area contributed by atoms with Crippen molar-refractivity contribution in [1.82, 2.24) is 4.31 Å². The largest absolute Gasteiger partial charge is 0.430 e. The maximum atomic E-state index is 13.4. The van der Waals surface area contributed by atoms with Gasteiger partial charge in [0, 0.05) is 36.9 Å². The number of hydrogen-bond acceptors (Lipinski definition) is 6. The van der Waals surface area contributed by atoms with Crippen LogP contribution in [0.5, 0.6) is 0 Å². The highest BCUT2D eigenvalue weighted by molar-refractivity contribution is 7.91. The minimum Gasteiger partial charge on any atom is -0.368 e. The number of amides is 1. The highest BCUT2D eigenvalue weighted by Gasteiger charge is 2.60. The predicted molar refractivity (Wildman–Crippen MR) is 110 cm³/mol. The van der Waals surface area contributed by atoms with Gasteiger partial charge in [-0.05, 0) is 36.6 Å². The van der Waals surface area contributed by atoms with Crippen molar-refractivity contribution in [3.8, 4) is 0 Å². The normalized spacial score (nSPS) is 20.0. The summed E-state index contributed by atoms with van der Waals surface area (Å²) < 4.78 is 120. The number of anilines is 1. The van der Waals surface area contributed by atoms with Crippen LogP contribution in [0.15, 0.2) is 33.9 Å². The number of carbonyl (C=O) groups excluding carboxylic acids is 1. The average Bonchev–Trinajstić information content (AvgIpc) is 3.22. The molecule has 3 N–H and O–H groups in total. The third-order valence-electron chi connectivity index (χ3n) is 5.49. The summed E-state index contributed by atoms with van der Waals surface area (Å²) in [5.41, 5.74) is -2.05. The van der Waals surface area contributed by atoms with Crippen molar-refractivity contribution in [2.45, 2.75) is 35.1 Å². The van der Waals surface area contributed by atoms with Gasteiger partial charge in [-0.25, -0.2) is 12.8 Å². The molecule has 16 heteroatoms. The zero-order valence-corrected chi connectivity index (χ0v) is 19.3. The summed E-state index contributed by atoms with van der Waals surface area (Å²) in [6.45, 7) is 0.569. The van der Waals surface area contributed by atoms with Gasteiger partial charge >= 0.3 is 12.4 Å². The molecule has 1 amide bonds. The Kier molecular flexibility index (Phi) is 6.91. The molecule has 0 spiro atoms. The van der Waals surface area contributed by atoms with Crippen LogP contribution in [0.2, 0.25) is 0 Å². The van der Waals surface area contributed by atoms with Crippen LogP contribution in [0.3, 0.4) is 0 Å². The van der Waals surface area contributed by atoms with Gasteiger partial charge in [0.1, 0.15) is 10.0 Å². The summed E-state index contributed by atoms with van der Waals surface area (Å²) in [6, 6.07) is 1.65. The average molecular weight is 549 g/mol. The van der Waals surface area contributed by atoms with Gasteiger partial charge in [-0.3, -0.25) is 4.79 Å². The van der Waals surface area contributed by atoms with Crippen LogP contribution in [0.25, 0.3) is 0 Å². The van der Waals surface area contributed by atoms with Gasteiger partial charge in [0.15, 0.2) is 0 Å². The third-order valence-corrected chi connectivity index (χ3v) is 8.92. The Morgan fingerprint density at radius 1 is 1.14 bits per heavy atom. The quantitative estimate of drug-likeness (QED) is 0.559. The standard InChI is InChI=1S/C19H18F7N3O4S2/c1-10-8-28(14-3-2-12(20)7-13(14)18(21,22)23)4-5-29(10)35(32,33)15-6-11(9-34-15)17(31,16(27)30)19(24,25)26/h2-3,6-7,9-10,31H,4-5,8H2,1H3,(H2,27,30). The first-order valence-electron chi connectivity index (χ1n) is 9.72. The highest BCUT2D eigenvalue weighted by Crippen LogP contribution is 2.42. The summed E-state index contributed by atoms with van der Waals surface area (Å²) >= 11 is 0.316. The van der Waals surface area contributed by atoms with Gasteiger partial charge in [0.05, 0.1) is 5.56 Å². The number of piperazine rings is 1.